The Hall–Kier alpha value is -1.46. The molecule has 0 aliphatic carbocycles. The largest absolute Gasteiger partial charge is 0.489 e. The van der Waals surface area contributed by atoms with Gasteiger partial charge in [-0.3, -0.25) is 0 Å². The molecule has 96 valence electrons. The molecule has 1 N–H and O–H groups in total. The van der Waals surface area contributed by atoms with Crippen LogP contribution in [0.15, 0.2) is 12.1 Å². The third-order valence-corrected chi connectivity index (χ3v) is 3.68. The number of ether oxygens (including phenoxy) is 4. The van der Waals surface area contributed by atoms with E-state index >= 15 is 0 Å². The highest BCUT2D eigenvalue weighted by molar-refractivity contribution is 5.58. The number of hydrogen-bond acceptors (Lipinski definition) is 5. The third kappa shape index (κ3) is 1.47. The highest BCUT2D eigenvalue weighted by atomic mass is 16.7. The molecule has 2 atom stereocenters. The lowest BCUT2D eigenvalue weighted by Gasteiger charge is -2.31. The first-order chi connectivity index (χ1) is 8.93. The van der Waals surface area contributed by atoms with Gasteiger partial charge in [0, 0.05) is 18.2 Å². The number of benzene rings is 1. The maximum absolute atomic E-state index is 5.91. The Kier molecular flexibility index (Phi) is 2.34. The number of fused-ring (bicyclic) bond motifs is 5. The standard InChI is InChI=1S/C13H15NO4/c1-2-10-13(18-7-17-10)12-8(1)11-9(3-5-15-12)14-4-6-16-11/h1-2,9,11,14H,3-7H2. The van der Waals surface area contributed by atoms with Crippen LogP contribution in [0.25, 0.3) is 0 Å². The molecule has 0 radical (unpaired) electrons. The molecule has 3 heterocycles. The second kappa shape index (κ2) is 4.03. The Morgan fingerprint density at radius 3 is 3.06 bits per heavy atom. The molecule has 5 nitrogen and oxygen atoms in total. The minimum Gasteiger partial charge on any atom is -0.489 e. The predicted octanol–water partition coefficient (Wildman–Crippen LogP) is 1.23. The molecular weight excluding hydrogens is 234 g/mol. The zero-order valence-corrected chi connectivity index (χ0v) is 9.98. The maximum Gasteiger partial charge on any atom is 0.231 e. The van der Waals surface area contributed by atoms with Gasteiger partial charge in [0.1, 0.15) is 6.10 Å². The number of morpholine rings is 1. The van der Waals surface area contributed by atoms with Gasteiger partial charge in [0.15, 0.2) is 11.5 Å². The second-order valence-electron chi connectivity index (χ2n) is 4.71. The third-order valence-electron chi connectivity index (χ3n) is 3.68. The van der Waals surface area contributed by atoms with Crippen LogP contribution in [0.5, 0.6) is 17.2 Å². The Morgan fingerprint density at radius 1 is 1.06 bits per heavy atom. The van der Waals surface area contributed by atoms with Crippen molar-refractivity contribution >= 4 is 0 Å². The summed E-state index contributed by atoms with van der Waals surface area (Å²) in [6.07, 6.45) is 0.986. The van der Waals surface area contributed by atoms with Gasteiger partial charge < -0.3 is 24.3 Å². The van der Waals surface area contributed by atoms with Crippen LogP contribution in [0.3, 0.4) is 0 Å². The van der Waals surface area contributed by atoms with Gasteiger partial charge in [-0.25, -0.2) is 0 Å². The fourth-order valence-corrected chi connectivity index (χ4v) is 2.84. The average molecular weight is 249 g/mol. The van der Waals surface area contributed by atoms with Gasteiger partial charge in [-0.2, -0.15) is 0 Å². The Bertz CT molecular complexity index is 476. The smallest absolute Gasteiger partial charge is 0.231 e. The summed E-state index contributed by atoms with van der Waals surface area (Å²) in [7, 11) is 0. The summed E-state index contributed by atoms with van der Waals surface area (Å²) in [6, 6.07) is 4.28. The molecule has 1 saturated heterocycles. The van der Waals surface area contributed by atoms with Crippen molar-refractivity contribution in [1.29, 1.82) is 0 Å². The molecule has 1 aromatic carbocycles. The summed E-state index contributed by atoms with van der Waals surface area (Å²) in [6.45, 7) is 2.57. The van der Waals surface area contributed by atoms with E-state index in [0.29, 0.717) is 12.6 Å². The molecule has 3 aliphatic heterocycles. The fourth-order valence-electron chi connectivity index (χ4n) is 2.84. The van der Waals surface area contributed by atoms with Gasteiger partial charge in [-0.1, -0.05) is 0 Å². The van der Waals surface area contributed by atoms with Gasteiger partial charge >= 0.3 is 0 Å². The summed E-state index contributed by atoms with van der Waals surface area (Å²) >= 11 is 0. The van der Waals surface area contributed by atoms with Gasteiger partial charge in [-0.15, -0.1) is 0 Å². The molecule has 0 saturated carbocycles. The fraction of sp³-hybridized carbons (Fsp3) is 0.538. The van der Waals surface area contributed by atoms with Crippen LogP contribution in [0, 0.1) is 0 Å². The quantitative estimate of drug-likeness (QED) is 0.749. The average Bonchev–Trinajstić information content (AvgIpc) is 2.80. The molecular formula is C13H15NO4. The van der Waals surface area contributed by atoms with Crippen LogP contribution in [-0.4, -0.2) is 32.6 Å². The maximum atomic E-state index is 5.91. The number of hydrogen-bond donors (Lipinski definition) is 1. The van der Waals surface area contributed by atoms with Crippen LogP contribution in [0.2, 0.25) is 0 Å². The lowest BCUT2D eigenvalue weighted by molar-refractivity contribution is -0.00587. The van der Waals surface area contributed by atoms with Crippen molar-refractivity contribution < 1.29 is 18.9 Å². The monoisotopic (exact) mass is 249 g/mol. The first-order valence-corrected chi connectivity index (χ1v) is 6.34. The summed E-state index contributed by atoms with van der Waals surface area (Å²) in [5, 5.41) is 3.49. The van der Waals surface area contributed by atoms with E-state index in [9.17, 15) is 0 Å². The number of nitrogens with one attached hydrogen (secondary N) is 1. The van der Waals surface area contributed by atoms with Crippen molar-refractivity contribution in [2.45, 2.75) is 18.6 Å². The van der Waals surface area contributed by atoms with E-state index in [2.05, 4.69) is 5.32 Å². The molecule has 0 amide bonds. The predicted molar refractivity (Wildman–Crippen MR) is 63.2 cm³/mol. The zero-order valence-electron chi connectivity index (χ0n) is 9.98. The second-order valence-corrected chi connectivity index (χ2v) is 4.71. The lowest BCUT2D eigenvalue weighted by Crippen LogP contribution is -2.43. The topological polar surface area (TPSA) is 49.0 Å². The lowest BCUT2D eigenvalue weighted by atomic mass is 9.98. The molecule has 3 aliphatic rings. The molecule has 4 rings (SSSR count). The summed E-state index contributed by atoms with van der Waals surface area (Å²) < 4.78 is 22.7. The van der Waals surface area contributed by atoms with Crippen molar-refractivity contribution in [3.05, 3.63) is 17.7 Å². The van der Waals surface area contributed by atoms with E-state index in [-0.39, 0.29) is 12.9 Å². The molecule has 1 fully saturated rings. The first-order valence-electron chi connectivity index (χ1n) is 6.34. The van der Waals surface area contributed by atoms with E-state index < -0.39 is 0 Å². The minimum absolute atomic E-state index is 0.0470. The van der Waals surface area contributed by atoms with Crippen molar-refractivity contribution in [3.63, 3.8) is 0 Å². The highest BCUT2D eigenvalue weighted by Crippen LogP contribution is 2.48. The van der Waals surface area contributed by atoms with Crippen LogP contribution >= 0.6 is 0 Å². The molecule has 18 heavy (non-hydrogen) atoms. The Labute approximate surface area is 105 Å². The Balaban J connectivity index is 1.81. The Morgan fingerprint density at radius 2 is 2.06 bits per heavy atom. The van der Waals surface area contributed by atoms with Crippen molar-refractivity contribution in [3.8, 4) is 17.2 Å². The normalized spacial score (nSPS) is 28.9. The van der Waals surface area contributed by atoms with Crippen LogP contribution < -0.4 is 19.5 Å². The molecule has 1 aromatic rings. The molecule has 0 aromatic heterocycles. The van der Waals surface area contributed by atoms with E-state index in [1.165, 1.54) is 0 Å². The SMILES string of the molecule is c1cc2c(c3c1OCO3)OCCC1NCCOC21. The molecule has 0 spiro atoms. The van der Waals surface area contributed by atoms with Crippen LogP contribution in [-0.2, 0) is 4.74 Å². The minimum atomic E-state index is 0.0470. The summed E-state index contributed by atoms with van der Waals surface area (Å²) in [4.78, 5) is 0. The van der Waals surface area contributed by atoms with E-state index in [0.717, 1.165) is 42.4 Å². The van der Waals surface area contributed by atoms with Crippen LogP contribution in [0.1, 0.15) is 18.1 Å². The van der Waals surface area contributed by atoms with Crippen molar-refractivity contribution in [2.75, 3.05) is 26.6 Å². The molecule has 5 heteroatoms. The first kappa shape index (κ1) is 10.5. The van der Waals surface area contributed by atoms with E-state index in [4.69, 9.17) is 18.9 Å². The number of rotatable bonds is 0. The highest BCUT2D eigenvalue weighted by Gasteiger charge is 2.35. The van der Waals surface area contributed by atoms with E-state index in [1.807, 2.05) is 12.1 Å². The van der Waals surface area contributed by atoms with E-state index in [1.54, 1.807) is 0 Å². The van der Waals surface area contributed by atoms with Gasteiger partial charge in [0.2, 0.25) is 12.5 Å². The summed E-state index contributed by atoms with van der Waals surface area (Å²) in [5.41, 5.74) is 1.06. The molecule has 2 unspecified atom stereocenters. The van der Waals surface area contributed by atoms with Gasteiger partial charge in [-0.05, 0) is 18.6 Å². The van der Waals surface area contributed by atoms with Crippen molar-refractivity contribution in [2.24, 2.45) is 0 Å². The van der Waals surface area contributed by atoms with Gasteiger partial charge in [0.05, 0.1) is 13.2 Å². The van der Waals surface area contributed by atoms with Crippen molar-refractivity contribution in [1.82, 2.24) is 5.32 Å². The zero-order chi connectivity index (χ0) is 11.9. The van der Waals surface area contributed by atoms with Gasteiger partial charge in [0.25, 0.3) is 0 Å². The molecule has 0 bridgehead atoms. The van der Waals surface area contributed by atoms with Crippen LogP contribution in [0.4, 0.5) is 0 Å². The summed E-state index contributed by atoms with van der Waals surface area (Å²) in [5.74, 6) is 2.28.